The molecule has 102 valence electrons. The van der Waals surface area contributed by atoms with E-state index in [-0.39, 0.29) is 43.2 Å². The third-order valence-corrected chi connectivity index (χ3v) is 3.43. The van der Waals surface area contributed by atoms with E-state index in [0.717, 1.165) is 19.3 Å². The van der Waals surface area contributed by atoms with Gasteiger partial charge in [-0.2, -0.15) is 0 Å². The molecular weight excluding hydrogens is 238 g/mol. The minimum absolute atomic E-state index is 0.0607. The molecule has 2 saturated heterocycles. The standard InChI is InChI=1S/C12H19NO5/c1-16-11(14)7-13-4-5-17-12(15)9-6-8-2-3-10(9)18-8/h8-10,13H,2-7H2,1H3. The fourth-order valence-corrected chi connectivity index (χ4v) is 2.48. The van der Waals surface area contributed by atoms with Crippen molar-refractivity contribution in [1.82, 2.24) is 5.32 Å². The molecule has 1 N–H and O–H groups in total. The summed E-state index contributed by atoms with van der Waals surface area (Å²) in [5.74, 6) is -0.603. The molecule has 2 aliphatic rings. The van der Waals surface area contributed by atoms with Gasteiger partial charge in [0.1, 0.15) is 6.61 Å². The Hall–Kier alpha value is -1.14. The molecule has 3 atom stereocenters. The highest BCUT2D eigenvalue weighted by Crippen LogP contribution is 2.39. The molecule has 0 spiro atoms. The number of nitrogens with one attached hydrogen (secondary N) is 1. The van der Waals surface area contributed by atoms with Crippen molar-refractivity contribution in [3.8, 4) is 0 Å². The number of fused-ring (bicyclic) bond motifs is 2. The summed E-state index contributed by atoms with van der Waals surface area (Å²) in [5, 5.41) is 2.83. The van der Waals surface area contributed by atoms with Crippen LogP contribution in [0.4, 0.5) is 0 Å². The topological polar surface area (TPSA) is 73.9 Å². The molecule has 0 amide bonds. The van der Waals surface area contributed by atoms with E-state index in [0.29, 0.717) is 6.54 Å². The second-order valence-electron chi connectivity index (χ2n) is 4.64. The van der Waals surface area contributed by atoms with Crippen LogP contribution in [0.5, 0.6) is 0 Å². The average Bonchev–Trinajstić information content (AvgIpc) is 3.00. The summed E-state index contributed by atoms with van der Waals surface area (Å²) in [6, 6.07) is 0. The maximum absolute atomic E-state index is 11.8. The number of methoxy groups -OCH3 is 1. The molecule has 2 heterocycles. The van der Waals surface area contributed by atoms with E-state index < -0.39 is 0 Å². The molecule has 0 saturated carbocycles. The summed E-state index contributed by atoms with van der Waals surface area (Å²) >= 11 is 0. The zero-order chi connectivity index (χ0) is 13.0. The van der Waals surface area contributed by atoms with E-state index in [1.165, 1.54) is 7.11 Å². The molecule has 3 unspecified atom stereocenters. The van der Waals surface area contributed by atoms with Gasteiger partial charge in [-0.05, 0) is 19.3 Å². The molecule has 0 aromatic carbocycles. The van der Waals surface area contributed by atoms with Crippen LogP contribution in [0.25, 0.3) is 0 Å². The smallest absolute Gasteiger partial charge is 0.319 e. The number of carbonyl (C=O) groups excluding carboxylic acids is 2. The van der Waals surface area contributed by atoms with Crippen molar-refractivity contribution in [1.29, 1.82) is 0 Å². The van der Waals surface area contributed by atoms with Crippen molar-refractivity contribution in [2.24, 2.45) is 5.92 Å². The van der Waals surface area contributed by atoms with E-state index >= 15 is 0 Å². The molecule has 0 aromatic heterocycles. The first kappa shape index (κ1) is 13.3. The van der Waals surface area contributed by atoms with E-state index in [1.807, 2.05) is 0 Å². The highest BCUT2D eigenvalue weighted by molar-refractivity contribution is 5.74. The maximum atomic E-state index is 11.8. The number of hydrogen-bond acceptors (Lipinski definition) is 6. The lowest BCUT2D eigenvalue weighted by atomic mass is 9.89. The molecule has 6 heteroatoms. The van der Waals surface area contributed by atoms with E-state index in [9.17, 15) is 9.59 Å². The number of carbonyl (C=O) groups is 2. The normalized spacial score (nSPS) is 29.3. The van der Waals surface area contributed by atoms with Crippen LogP contribution in [-0.2, 0) is 23.8 Å². The Morgan fingerprint density at radius 3 is 2.83 bits per heavy atom. The van der Waals surface area contributed by atoms with Crippen LogP contribution in [0.1, 0.15) is 19.3 Å². The van der Waals surface area contributed by atoms with Gasteiger partial charge in [-0.25, -0.2) is 0 Å². The first-order chi connectivity index (χ1) is 8.70. The molecule has 18 heavy (non-hydrogen) atoms. The summed E-state index contributed by atoms with van der Waals surface area (Å²) < 4.78 is 15.2. The van der Waals surface area contributed by atoms with Gasteiger partial charge in [-0.3, -0.25) is 9.59 Å². The van der Waals surface area contributed by atoms with Crippen LogP contribution in [0, 0.1) is 5.92 Å². The van der Waals surface area contributed by atoms with E-state index in [4.69, 9.17) is 9.47 Å². The first-order valence-electron chi connectivity index (χ1n) is 6.30. The molecule has 2 rings (SSSR count). The van der Waals surface area contributed by atoms with Crippen molar-refractivity contribution < 1.29 is 23.8 Å². The molecule has 2 fully saturated rings. The van der Waals surface area contributed by atoms with Gasteiger partial charge in [0.25, 0.3) is 0 Å². The van der Waals surface area contributed by atoms with Crippen molar-refractivity contribution in [3.05, 3.63) is 0 Å². The molecule has 2 bridgehead atoms. The highest BCUT2D eigenvalue weighted by Gasteiger charge is 2.45. The van der Waals surface area contributed by atoms with E-state index in [2.05, 4.69) is 10.1 Å². The van der Waals surface area contributed by atoms with E-state index in [1.54, 1.807) is 0 Å². The molecule has 0 aromatic rings. The fraction of sp³-hybridized carbons (Fsp3) is 0.833. The largest absolute Gasteiger partial charge is 0.468 e. The van der Waals surface area contributed by atoms with Crippen molar-refractivity contribution >= 4 is 11.9 Å². The molecule has 0 aliphatic carbocycles. The highest BCUT2D eigenvalue weighted by atomic mass is 16.5. The maximum Gasteiger partial charge on any atom is 0.319 e. The Morgan fingerprint density at radius 2 is 2.22 bits per heavy atom. The van der Waals surface area contributed by atoms with Gasteiger partial charge in [-0.15, -0.1) is 0 Å². The minimum atomic E-state index is -0.331. The SMILES string of the molecule is COC(=O)CNCCOC(=O)C1CC2CCC1O2. The van der Waals surface area contributed by atoms with Crippen LogP contribution in [0.15, 0.2) is 0 Å². The van der Waals surface area contributed by atoms with Gasteiger partial charge >= 0.3 is 11.9 Å². The number of hydrogen-bond donors (Lipinski definition) is 1. The lowest BCUT2D eigenvalue weighted by Gasteiger charge is -2.17. The van der Waals surface area contributed by atoms with Crippen molar-refractivity contribution in [2.75, 3.05) is 26.8 Å². The van der Waals surface area contributed by atoms with Gasteiger partial charge in [-0.1, -0.05) is 0 Å². The van der Waals surface area contributed by atoms with Crippen LogP contribution in [0.2, 0.25) is 0 Å². The summed E-state index contributed by atoms with van der Waals surface area (Å²) in [6.45, 7) is 0.845. The summed E-state index contributed by atoms with van der Waals surface area (Å²) in [5.41, 5.74) is 0. The zero-order valence-electron chi connectivity index (χ0n) is 10.5. The lowest BCUT2D eigenvalue weighted by Crippen LogP contribution is -2.31. The molecule has 2 aliphatic heterocycles. The van der Waals surface area contributed by atoms with Gasteiger partial charge in [0.2, 0.25) is 0 Å². The molecule has 0 radical (unpaired) electrons. The Balaban J connectivity index is 1.57. The number of ether oxygens (including phenoxy) is 3. The number of rotatable bonds is 6. The summed E-state index contributed by atoms with van der Waals surface area (Å²) in [6.07, 6.45) is 3.13. The predicted molar refractivity (Wildman–Crippen MR) is 61.8 cm³/mol. The van der Waals surface area contributed by atoms with Crippen molar-refractivity contribution in [3.63, 3.8) is 0 Å². The van der Waals surface area contributed by atoms with Crippen molar-refractivity contribution in [2.45, 2.75) is 31.5 Å². The minimum Gasteiger partial charge on any atom is -0.468 e. The molecule has 6 nitrogen and oxygen atoms in total. The Morgan fingerprint density at radius 1 is 1.39 bits per heavy atom. The molecular formula is C12H19NO5. The lowest BCUT2D eigenvalue weighted by molar-refractivity contribution is -0.150. The summed E-state index contributed by atoms with van der Waals surface area (Å²) in [7, 11) is 1.33. The van der Waals surface area contributed by atoms with Crippen LogP contribution < -0.4 is 5.32 Å². The number of esters is 2. The second kappa shape index (κ2) is 6.15. The van der Waals surface area contributed by atoms with Gasteiger partial charge < -0.3 is 19.5 Å². The van der Waals surface area contributed by atoms with Gasteiger partial charge in [0.15, 0.2) is 0 Å². The summed E-state index contributed by atoms with van der Waals surface area (Å²) in [4.78, 5) is 22.6. The quantitative estimate of drug-likeness (QED) is 0.527. The van der Waals surface area contributed by atoms with Crippen LogP contribution in [-0.4, -0.2) is 51.0 Å². The van der Waals surface area contributed by atoms with Crippen LogP contribution in [0.3, 0.4) is 0 Å². The second-order valence-corrected chi connectivity index (χ2v) is 4.64. The van der Waals surface area contributed by atoms with Crippen LogP contribution >= 0.6 is 0 Å². The first-order valence-corrected chi connectivity index (χ1v) is 6.30. The average molecular weight is 257 g/mol. The Bertz CT molecular complexity index is 320. The monoisotopic (exact) mass is 257 g/mol. The third kappa shape index (κ3) is 3.20. The van der Waals surface area contributed by atoms with Gasteiger partial charge in [0, 0.05) is 6.54 Å². The third-order valence-electron chi connectivity index (χ3n) is 3.43. The Labute approximate surface area is 106 Å². The fourth-order valence-electron chi connectivity index (χ4n) is 2.48. The van der Waals surface area contributed by atoms with Gasteiger partial charge in [0.05, 0.1) is 31.8 Å². The Kier molecular flexibility index (Phi) is 4.54. The zero-order valence-corrected chi connectivity index (χ0v) is 10.5. The predicted octanol–water partition coefficient (Wildman–Crippen LogP) is -0.140.